The van der Waals surface area contributed by atoms with Crippen LogP contribution in [-0.2, 0) is 0 Å². The topological polar surface area (TPSA) is 15.8 Å². The average Bonchev–Trinajstić information content (AvgIpc) is 2.36. The van der Waals surface area contributed by atoms with Crippen molar-refractivity contribution >= 4 is 26.8 Å². The third-order valence-electron chi connectivity index (χ3n) is 1.47. The minimum Gasteiger partial charge on any atom is -0.361 e. The minimum absolute atomic E-state index is 1.09. The molecule has 2 aromatic rings. The molecule has 2 rings (SSSR count). The van der Waals surface area contributed by atoms with Gasteiger partial charge in [-0.05, 0) is 24.3 Å². The molecule has 1 heterocycles. The van der Waals surface area contributed by atoms with E-state index in [1.54, 1.807) is 0 Å². The lowest BCUT2D eigenvalue weighted by Crippen LogP contribution is -1.67. The van der Waals surface area contributed by atoms with E-state index in [4.69, 9.17) is 0 Å². The first-order chi connectivity index (χ1) is 4.88. The van der Waals surface area contributed by atoms with Gasteiger partial charge in [0.2, 0.25) is 0 Å². The van der Waals surface area contributed by atoms with Crippen molar-refractivity contribution in [2.45, 2.75) is 0 Å². The highest BCUT2D eigenvalue weighted by atomic mass is 79.9. The van der Waals surface area contributed by atoms with Crippen LogP contribution in [0.2, 0.25) is 0 Å². The molecule has 1 N–H and O–H groups in total. The molecule has 0 saturated heterocycles. The van der Waals surface area contributed by atoms with Gasteiger partial charge in [0.15, 0.2) is 0 Å². The zero-order valence-electron chi connectivity index (χ0n) is 5.19. The highest BCUT2D eigenvalue weighted by molar-refractivity contribution is 9.10. The van der Waals surface area contributed by atoms with Gasteiger partial charge in [0.25, 0.3) is 0 Å². The number of rotatable bonds is 0. The Bertz CT molecular complexity index is 351. The number of benzene rings is 1. The summed E-state index contributed by atoms with van der Waals surface area (Å²) in [4.78, 5) is 3.10. The number of nitrogens with one attached hydrogen (secondary N) is 1. The largest absolute Gasteiger partial charge is 0.361 e. The number of fused-ring (bicyclic) bond motifs is 1. The summed E-state index contributed by atoms with van der Waals surface area (Å²) in [6, 6.07) is 8.89. The van der Waals surface area contributed by atoms with Crippen LogP contribution in [0.1, 0.15) is 0 Å². The second-order valence-electron chi connectivity index (χ2n) is 2.11. The summed E-state index contributed by atoms with van der Waals surface area (Å²) in [6.45, 7) is 0. The van der Waals surface area contributed by atoms with E-state index in [0.717, 1.165) is 9.99 Å². The summed E-state index contributed by atoms with van der Waals surface area (Å²) in [5.41, 5.74) is 1.12. The Balaban J connectivity index is 2.95. The molecule has 10 heavy (non-hydrogen) atoms. The summed E-state index contributed by atoms with van der Waals surface area (Å²) in [5.74, 6) is 0. The minimum atomic E-state index is 1.09. The molecule has 0 aliphatic carbocycles. The molecule has 0 aliphatic rings. The quantitative estimate of drug-likeness (QED) is 0.665. The van der Waals surface area contributed by atoms with Crippen molar-refractivity contribution in [2.75, 3.05) is 0 Å². The van der Waals surface area contributed by atoms with Gasteiger partial charge in [-0.3, -0.25) is 0 Å². The Kier molecular flexibility index (Phi) is 1.27. The number of aromatic amines is 1. The zero-order chi connectivity index (χ0) is 6.97. The standard InChI is InChI=1S/C8H5BrN/c9-7-2-1-3-8-6(7)4-5-10-8/h2-5,10H. The smallest absolute Gasteiger partial charge is 0.0471 e. The van der Waals surface area contributed by atoms with E-state index < -0.39 is 0 Å². The normalized spacial score (nSPS) is 10.5. The number of H-pyrrole nitrogens is 1. The Labute approximate surface area is 67.2 Å². The van der Waals surface area contributed by atoms with Gasteiger partial charge in [-0.2, -0.15) is 0 Å². The van der Waals surface area contributed by atoms with Gasteiger partial charge in [-0.15, -0.1) is 0 Å². The molecule has 0 bridgehead atoms. The van der Waals surface area contributed by atoms with Crippen molar-refractivity contribution < 1.29 is 0 Å². The molecular weight excluding hydrogens is 190 g/mol. The van der Waals surface area contributed by atoms with Crippen LogP contribution in [0.4, 0.5) is 0 Å². The van der Waals surface area contributed by atoms with Crippen LogP contribution in [0.25, 0.3) is 10.9 Å². The molecule has 0 aliphatic heterocycles. The van der Waals surface area contributed by atoms with Gasteiger partial charge in [-0.25, -0.2) is 0 Å². The van der Waals surface area contributed by atoms with Crippen LogP contribution in [-0.4, -0.2) is 4.98 Å². The van der Waals surface area contributed by atoms with Gasteiger partial charge in [-0.1, -0.05) is 15.9 Å². The number of aromatic nitrogens is 1. The molecule has 0 amide bonds. The second kappa shape index (κ2) is 2.13. The van der Waals surface area contributed by atoms with Crippen molar-refractivity contribution in [1.29, 1.82) is 0 Å². The Morgan fingerprint density at radius 2 is 2.30 bits per heavy atom. The lowest BCUT2D eigenvalue weighted by atomic mass is 10.3. The van der Waals surface area contributed by atoms with E-state index in [9.17, 15) is 0 Å². The van der Waals surface area contributed by atoms with Gasteiger partial charge < -0.3 is 4.98 Å². The molecular formula is C8H5BrN. The molecule has 1 radical (unpaired) electrons. The van der Waals surface area contributed by atoms with Crippen LogP contribution in [0, 0.1) is 6.07 Å². The molecule has 0 fully saturated rings. The van der Waals surface area contributed by atoms with E-state index >= 15 is 0 Å². The Hall–Kier alpha value is -0.760. The van der Waals surface area contributed by atoms with Crippen LogP contribution in [0.3, 0.4) is 0 Å². The van der Waals surface area contributed by atoms with E-state index in [2.05, 4.69) is 27.0 Å². The molecule has 2 heteroatoms. The van der Waals surface area contributed by atoms with Gasteiger partial charge in [0.1, 0.15) is 0 Å². The predicted octanol–water partition coefficient (Wildman–Crippen LogP) is 2.73. The molecule has 0 atom stereocenters. The number of hydrogen-bond donors (Lipinski definition) is 1. The van der Waals surface area contributed by atoms with Gasteiger partial charge in [0, 0.05) is 21.6 Å². The lowest BCUT2D eigenvalue weighted by Gasteiger charge is -1.89. The van der Waals surface area contributed by atoms with Crippen molar-refractivity contribution in [3.63, 3.8) is 0 Å². The predicted molar refractivity (Wildman–Crippen MR) is 44.8 cm³/mol. The van der Waals surface area contributed by atoms with E-state index in [1.807, 2.05) is 24.4 Å². The first kappa shape index (κ1) is 5.98. The maximum Gasteiger partial charge on any atom is 0.0471 e. The maximum atomic E-state index is 3.42. The number of halogens is 1. The highest BCUT2D eigenvalue weighted by Gasteiger charge is 1.95. The van der Waals surface area contributed by atoms with E-state index in [0.29, 0.717) is 0 Å². The van der Waals surface area contributed by atoms with Crippen LogP contribution < -0.4 is 0 Å². The summed E-state index contributed by atoms with van der Waals surface area (Å²) in [7, 11) is 0. The van der Waals surface area contributed by atoms with Gasteiger partial charge in [0.05, 0.1) is 0 Å². The van der Waals surface area contributed by atoms with E-state index in [-0.39, 0.29) is 0 Å². The lowest BCUT2D eigenvalue weighted by molar-refractivity contribution is 1.47. The highest BCUT2D eigenvalue weighted by Crippen LogP contribution is 2.21. The molecule has 49 valence electrons. The van der Waals surface area contributed by atoms with Crippen molar-refractivity contribution in [3.05, 3.63) is 34.9 Å². The molecule has 0 unspecified atom stereocenters. The van der Waals surface area contributed by atoms with Gasteiger partial charge >= 0.3 is 0 Å². The first-order valence-corrected chi connectivity index (χ1v) is 3.80. The zero-order valence-corrected chi connectivity index (χ0v) is 6.77. The third-order valence-corrected chi connectivity index (χ3v) is 2.13. The molecule has 1 aromatic heterocycles. The van der Waals surface area contributed by atoms with E-state index in [1.165, 1.54) is 5.39 Å². The van der Waals surface area contributed by atoms with Crippen molar-refractivity contribution in [1.82, 2.24) is 4.98 Å². The monoisotopic (exact) mass is 194 g/mol. The fourth-order valence-electron chi connectivity index (χ4n) is 0.986. The average molecular weight is 195 g/mol. The maximum absolute atomic E-state index is 3.42. The molecule has 1 aromatic carbocycles. The first-order valence-electron chi connectivity index (χ1n) is 3.00. The molecule has 0 saturated carbocycles. The van der Waals surface area contributed by atoms with Crippen LogP contribution in [0.15, 0.2) is 28.9 Å². The Morgan fingerprint density at radius 3 is 3.10 bits per heavy atom. The SMILES string of the molecule is Brc1c[c]cc2[nH]ccc12. The van der Waals surface area contributed by atoms with Crippen LogP contribution >= 0.6 is 15.9 Å². The summed E-state index contributed by atoms with van der Waals surface area (Å²) >= 11 is 3.42. The summed E-state index contributed by atoms with van der Waals surface area (Å²) in [6.07, 6.45) is 1.92. The fraction of sp³-hybridized carbons (Fsp3) is 0. The summed E-state index contributed by atoms with van der Waals surface area (Å²) in [5, 5.41) is 1.21. The van der Waals surface area contributed by atoms with Crippen LogP contribution in [0.5, 0.6) is 0 Å². The second-order valence-corrected chi connectivity index (χ2v) is 2.96. The number of hydrogen-bond acceptors (Lipinski definition) is 0. The third kappa shape index (κ3) is 0.762. The van der Waals surface area contributed by atoms with Crippen molar-refractivity contribution in [3.8, 4) is 0 Å². The summed E-state index contributed by atoms with van der Waals surface area (Å²) < 4.78 is 1.09. The fourth-order valence-corrected chi connectivity index (χ4v) is 1.46. The van der Waals surface area contributed by atoms with Crippen molar-refractivity contribution in [2.24, 2.45) is 0 Å². The molecule has 0 spiro atoms. The molecule has 1 nitrogen and oxygen atoms in total. The Morgan fingerprint density at radius 1 is 1.40 bits per heavy atom.